The van der Waals surface area contributed by atoms with Crippen molar-refractivity contribution in [1.29, 1.82) is 0 Å². The van der Waals surface area contributed by atoms with Gasteiger partial charge in [0.05, 0.1) is 23.7 Å². The Hall–Kier alpha value is -2.08. The maximum absolute atomic E-state index is 6.15. The Bertz CT molecular complexity index is 719. The van der Waals surface area contributed by atoms with E-state index in [-0.39, 0.29) is 0 Å². The molecule has 4 rings (SSSR count). The Labute approximate surface area is 129 Å². The fourth-order valence-corrected chi connectivity index (χ4v) is 3.89. The summed E-state index contributed by atoms with van der Waals surface area (Å²) in [4.78, 5) is 13.4. The molecule has 0 bridgehead atoms. The number of benzene rings is 1. The summed E-state index contributed by atoms with van der Waals surface area (Å²) >= 11 is 0. The Kier molecular flexibility index (Phi) is 3.07. The number of ether oxygens (including phenoxy) is 1. The van der Waals surface area contributed by atoms with Crippen LogP contribution in [0.15, 0.2) is 18.5 Å². The van der Waals surface area contributed by atoms with Gasteiger partial charge in [-0.2, -0.15) is 0 Å². The molecule has 2 fully saturated rings. The summed E-state index contributed by atoms with van der Waals surface area (Å²) in [6, 6.07) is 4.49. The van der Waals surface area contributed by atoms with E-state index < -0.39 is 0 Å². The average molecular weight is 299 g/mol. The van der Waals surface area contributed by atoms with Crippen LogP contribution in [0.2, 0.25) is 0 Å². The molecule has 6 heteroatoms. The van der Waals surface area contributed by atoms with Gasteiger partial charge in [-0.1, -0.05) is 0 Å². The lowest BCUT2D eigenvalue weighted by Gasteiger charge is -2.54. The van der Waals surface area contributed by atoms with E-state index in [1.54, 1.807) is 7.11 Å². The number of rotatable bonds is 2. The van der Waals surface area contributed by atoms with Crippen LogP contribution in [-0.4, -0.2) is 54.7 Å². The van der Waals surface area contributed by atoms with Crippen LogP contribution in [0.4, 0.5) is 11.5 Å². The van der Waals surface area contributed by atoms with Gasteiger partial charge < -0.3 is 20.3 Å². The van der Waals surface area contributed by atoms with E-state index in [4.69, 9.17) is 10.5 Å². The van der Waals surface area contributed by atoms with Gasteiger partial charge in [-0.3, -0.25) is 0 Å². The summed E-state index contributed by atoms with van der Waals surface area (Å²) in [7, 11) is 3.90. The van der Waals surface area contributed by atoms with Gasteiger partial charge in [-0.25, -0.2) is 9.97 Å². The van der Waals surface area contributed by atoms with Gasteiger partial charge in [-0.15, -0.1) is 0 Å². The monoisotopic (exact) mass is 299 g/mol. The predicted molar refractivity (Wildman–Crippen MR) is 87.2 cm³/mol. The molecule has 2 N–H and O–H groups in total. The number of anilines is 2. The van der Waals surface area contributed by atoms with E-state index >= 15 is 0 Å². The van der Waals surface area contributed by atoms with Gasteiger partial charge in [0.25, 0.3) is 0 Å². The van der Waals surface area contributed by atoms with Crippen molar-refractivity contribution in [2.24, 2.45) is 5.92 Å². The first-order chi connectivity index (χ1) is 10.7. The van der Waals surface area contributed by atoms with Crippen LogP contribution < -0.4 is 15.4 Å². The standard InChI is InChI=1S/C16H21N5O/c1-20-6-5-12-10(7-20)8-21(12)15-13(22-2)4-3-11-14(15)16(17)19-9-18-11/h3-4,9-10,12H,5-8H2,1-2H3,(H2,17,18,19). The lowest BCUT2D eigenvalue weighted by Crippen LogP contribution is -2.63. The summed E-state index contributed by atoms with van der Waals surface area (Å²) in [6.07, 6.45) is 2.69. The molecule has 0 amide bonds. The Morgan fingerprint density at radius 3 is 2.91 bits per heavy atom. The van der Waals surface area contributed by atoms with Gasteiger partial charge in [0.2, 0.25) is 0 Å². The van der Waals surface area contributed by atoms with Crippen molar-refractivity contribution in [3.63, 3.8) is 0 Å². The first-order valence-electron chi connectivity index (χ1n) is 7.71. The highest BCUT2D eigenvalue weighted by Gasteiger charge is 2.43. The highest BCUT2D eigenvalue weighted by atomic mass is 16.5. The third-order valence-electron chi connectivity index (χ3n) is 5.00. The lowest BCUT2D eigenvalue weighted by molar-refractivity contribution is 0.132. The van der Waals surface area contributed by atoms with Crippen molar-refractivity contribution in [2.45, 2.75) is 12.5 Å². The summed E-state index contributed by atoms with van der Waals surface area (Å²) in [5, 5.41) is 0.916. The number of methoxy groups -OCH3 is 1. The molecule has 2 saturated heterocycles. The number of piperidine rings is 1. The fourth-order valence-electron chi connectivity index (χ4n) is 3.89. The highest BCUT2D eigenvalue weighted by molar-refractivity contribution is 6.02. The molecule has 2 unspecified atom stereocenters. The average Bonchev–Trinajstić information content (AvgIpc) is 2.50. The van der Waals surface area contributed by atoms with Crippen molar-refractivity contribution >= 4 is 22.4 Å². The van der Waals surface area contributed by atoms with Crippen molar-refractivity contribution in [2.75, 3.05) is 44.4 Å². The van der Waals surface area contributed by atoms with Crippen molar-refractivity contribution < 1.29 is 4.74 Å². The molecule has 0 radical (unpaired) electrons. The van der Waals surface area contributed by atoms with Crippen LogP contribution in [0.1, 0.15) is 6.42 Å². The molecule has 2 aliphatic rings. The maximum Gasteiger partial charge on any atom is 0.143 e. The van der Waals surface area contributed by atoms with Crippen LogP contribution in [0, 0.1) is 5.92 Å². The van der Waals surface area contributed by atoms with E-state index in [1.807, 2.05) is 12.1 Å². The molecule has 2 aromatic rings. The molecule has 22 heavy (non-hydrogen) atoms. The second kappa shape index (κ2) is 4.98. The number of aromatic nitrogens is 2. The van der Waals surface area contributed by atoms with Crippen molar-refractivity contribution in [3.8, 4) is 5.75 Å². The largest absolute Gasteiger partial charge is 0.495 e. The minimum atomic E-state index is 0.523. The summed E-state index contributed by atoms with van der Waals surface area (Å²) in [5.74, 6) is 2.10. The van der Waals surface area contributed by atoms with E-state index in [0.717, 1.165) is 41.3 Å². The van der Waals surface area contributed by atoms with E-state index in [0.29, 0.717) is 11.9 Å². The number of nitrogen functional groups attached to an aromatic ring is 1. The summed E-state index contributed by atoms with van der Waals surface area (Å²) in [6.45, 7) is 3.34. The second-order valence-corrected chi connectivity index (χ2v) is 6.30. The molecular formula is C16H21N5O. The first kappa shape index (κ1) is 13.6. The van der Waals surface area contributed by atoms with Crippen molar-refractivity contribution in [1.82, 2.24) is 14.9 Å². The molecular weight excluding hydrogens is 278 g/mol. The van der Waals surface area contributed by atoms with Gasteiger partial charge in [-0.05, 0) is 32.1 Å². The van der Waals surface area contributed by atoms with Crippen LogP contribution in [-0.2, 0) is 0 Å². The number of nitrogens with two attached hydrogens (primary N) is 1. The molecule has 0 aliphatic carbocycles. The Morgan fingerprint density at radius 2 is 2.14 bits per heavy atom. The third-order valence-corrected chi connectivity index (χ3v) is 5.00. The number of hydrogen-bond acceptors (Lipinski definition) is 6. The van der Waals surface area contributed by atoms with Crippen LogP contribution >= 0.6 is 0 Å². The SMILES string of the molecule is COc1ccc2ncnc(N)c2c1N1CC2CN(C)CCC21. The molecule has 2 aliphatic heterocycles. The maximum atomic E-state index is 6.15. The minimum absolute atomic E-state index is 0.523. The topological polar surface area (TPSA) is 67.5 Å². The molecule has 3 heterocycles. The van der Waals surface area contributed by atoms with Crippen LogP contribution in [0.25, 0.3) is 10.9 Å². The van der Waals surface area contributed by atoms with Crippen LogP contribution in [0.5, 0.6) is 5.75 Å². The zero-order chi connectivity index (χ0) is 15.3. The number of fused-ring (bicyclic) bond motifs is 2. The Morgan fingerprint density at radius 1 is 1.27 bits per heavy atom. The smallest absolute Gasteiger partial charge is 0.143 e. The summed E-state index contributed by atoms with van der Waals surface area (Å²) in [5.41, 5.74) is 8.08. The predicted octanol–water partition coefficient (Wildman–Crippen LogP) is 1.36. The molecule has 0 saturated carbocycles. The molecule has 1 aromatic heterocycles. The summed E-state index contributed by atoms with van der Waals surface area (Å²) < 4.78 is 5.60. The first-order valence-corrected chi connectivity index (χ1v) is 7.71. The van der Waals surface area contributed by atoms with Crippen molar-refractivity contribution in [3.05, 3.63) is 18.5 Å². The van der Waals surface area contributed by atoms with Crippen LogP contribution in [0.3, 0.4) is 0 Å². The van der Waals surface area contributed by atoms with E-state index in [1.165, 1.54) is 19.3 Å². The minimum Gasteiger partial charge on any atom is -0.495 e. The van der Waals surface area contributed by atoms with Gasteiger partial charge in [0.15, 0.2) is 0 Å². The normalized spacial score (nSPS) is 24.9. The Balaban J connectivity index is 1.81. The molecule has 0 spiro atoms. The fraction of sp³-hybridized carbons (Fsp3) is 0.500. The van der Waals surface area contributed by atoms with E-state index in [2.05, 4.69) is 26.8 Å². The highest BCUT2D eigenvalue weighted by Crippen LogP contribution is 2.45. The van der Waals surface area contributed by atoms with E-state index in [9.17, 15) is 0 Å². The molecule has 1 aromatic carbocycles. The number of nitrogens with zero attached hydrogens (tertiary/aromatic N) is 4. The lowest BCUT2D eigenvalue weighted by atomic mass is 9.82. The zero-order valence-electron chi connectivity index (χ0n) is 13.0. The molecule has 116 valence electrons. The van der Waals surface area contributed by atoms with Gasteiger partial charge >= 0.3 is 0 Å². The molecule has 6 nitrogen and oxygen atoms in total. The van der Waals surface area contributed by atoms with Gasteiger partial charge in [0.1, 0.15) is 17.9 Å². The quantitative estimate of drug-likeness (QED) is 0.903. The number of likely N-dealkylation sites (tertiary alicyclic amines) is 1. The van der Waals surface area contributed by atoms with Gasteiger partial charge in [0, 0.05) is 25.0 Å². The number of hydrogen-bond donors (Lipinski definition) is 1. The third kappa shape index (κ3) is 1.90. The molecule has 2 atom stereocenters. The zero-order valence-corrected chi connectivity index (χ0v) is 13.0. The second-order valence-electron chi connectivity index (χ2n) is 6.30.